The van der Waals surface area contributed by atoms with Gasteiger partial charge in [-0.15, -0.1) is 16.4 Å². The van der Waals surface area contributed by atoms with Gasteiger partial charge in [-0.2, -0.15) is 5.10 Å². The number of ether oxygens (including phenoxy) is 1. The number of nitro benzene ring substituents is 1. The highest BCUT2D eigenvalue weighted by Gasteiger charge is 2.22. The lowest BCUT2D eigenvalue weighted by atomic mass is 10.2. The van der Waals surface area contributed by atoms with Crippen LogP contribution in [0.1, 0.15) is 0 Å². The summed E-state index contributed by atoms with van der Waals surface area (Å²) in [5.41, 5.74) is 1.40. The van der Waals surface area contributed by atoms with Crippen molar-refractivity contribution >= 4 is 43.3 Å². The molecule has 5 rings (SSSR count). The number of nitro groups is 1. The molecule has 0 bridgehead atoms. The van der Waals surface area contributed by atoms with Crippen LogP contribution in [0.25, 0.3) is 31.8 Å². The molecule has 1 aliphatic rings. The molecule has 4 heterocycles. The van der Waals surface area contributed by atoms with Gasteiger partial charge in [-0.25, -0.2) is 9.97 Å². The van der Waals surface area contributed by atoms with Crippen LogP contribution in [0, 0.1) is 10.1 Å². The van der Waals surface area contributed by atoms with E-state index in [4.69, 9.17) is 14.7 Å². The molecule has 1 aliphatic heterocycles. The van der Waals surface area contributed by atoms with E-state index in [0.717, 1.165) is 39.3 Å². The minimum Gasteiger partial charge on any atom is -0.378 e. The van der Waals surface area contributed by atoms with Crippen LogP contribution in [0.5, 0.6) is 0 Å². The van der Waals surface area contributed by atoms with Gasteiger partial charge in [0.2, 0.25) is 0 Å². The molecule has 0 atom stereocenters. The number of anilines is 1. The Bertz CT molecular complexity index is 1200. The zero-order chi connectivity index (χ0) is 19.1. The number of non-ortho nitro benzene ring substituents is 1. The molecule has 0 saturated carbocycles. The Morgan fingerprint density at radius 1 is 1.18 bits per heavy atom. The third-order valence-corrected chi connectivity index (χ3v) is 5.69. The third-order valence-electron chi connectivity index (χ3n) is 4.61. The van der Waals surface area contributed by atoms with Gasteiger partial charge in [0, 0.05) is 36.2 Å². The molecule has 0 N–H and O–H groups in total. The van der Waals surface area contributed by atoms with Crippen molar-refractivity contribution in [3.05, 3.63) is 46.6 Å². The standard InChI is InChI=1S/C18H14N6O3S/c25-24(26)12-3-1-2-11(10-12)16-20-14-13-4-5-19-22-18(13)28-15(14)17(21-16)23-6-8-27-9-7-23/h1-5,10H,6-9H2. The molecule has 140 valence electrons. The Hall–Kier alpha value is -3.24. The van der Waals surface area contributed by atoms with Crippen molar-refractivity contribution in [3.8, 4) is 11.4 Å². The Morgan fingerprint density at radius 2 is 2.04 bits per heavy atom. The van der Waals surface area contributed by atoms with E-state index in [2.05, 4.69) is 15.1 Å². The summed E-state index contributed by atoms with van der Waals surface area (Å²) in [6, 6.07) is 8.27. The Balaban J connectivity index is 1.76. The summed E-state index contributed by atoms with van der Waals surface area (Å²) in [5, 5.41) is 20.3. The van der Waals surface area contributed by atoms with E-state index in [1.807, 2.05) is 6.07 Å². The second kappa shape index (κ2) is 6.73. The molecule has 0 unspecified atom stereocenters. The average Bonchev–Trinajstić information content (AvgIpc) is 3.12. The first-order chi connectivity index (χ1) is 13.7. The minimum atomic E-state index is -0.416. The van der Waals surface area contributed by atoms with Gasteiger partial charge in [0.05, 0.1) is 34.6 Å². The second-order valence-corrected chi connectivity index (χ2v) is 7.31. The highest BCUT2D eigenvalue weighted by atomic mass is 32.1. The number of hydrogen-bond donors (Lipinski definition) is 0. The van der Waals surface area contributed by atoms with Crippen LogP contribution in [0.2, 0.25) is 0 Å². The van der Waals surface area contributed by atoms with Gasteiger partial charge < -0.3 is 9.64 Å². The molecule has 10 heteroatoms. The lowest BCUT2D eigenvalue weighted by Gasteiger charge is -2.28. The van der Waals surface area contributed by atoms with Crippen molar-refractivity contribution in [1.29, 1.82) is 0 Å². The normalized spacial score (nSPS) is 14.6. The van der Waals surface area contributed by atoms with Crippen molar-refractivity contribution in [2.24, 2.45) is 0 Å². The first-order valence-corrected chi connectivity index (χ1v) is 9.52. The van der Waals surface area contributed by atoms with Crippen molar-refractivity contribution in [1.82, 2.24) is 20.2 Å². The first-order valence-electron chi connectivity index (χ1n) is 8.70. The van der Waals surface area contributed by atoms with Crippen LogP contribution in [-0.2, 0) is 4.74 Å². The predicted octanol–water partition coefficient (Wildman–Crippen LogP) is 3.05. The van der Waals surface area contributed by atoms with Crippen LogP contribution in [0.15, 0.2) is 36.5 Å². The molecule has 1 aromatic carbocycles. The average molecular weight is 394 g/mol. The van der Waals surface area contributed by atoms with Gasteiger partial charge in [0.25, 0.3) is 5.69 Å². The number of nitrogens with zero attached hydrogens (tertiary/aromatic N) is 6. The zero-order valence-corrected chi connectivity index (χ0v) is 15.4. The lowest BCUT2D eigenvalue weighted by Crippen LogP contribution is -2.36. The monoisotopic (exact) mass is 394 g/mol. The van der Waals surface area contributed by atoms with E-state index in [1.54, 1.807) is 18.3 Å². The van der Waals surface area contributed by atoms with E-state index >= 15 is 0 Å². The lowest BCUT2D eigenvalue weighted by molar-refractivity contribution is -0.384. The van der Waals surface area contributed by atoms with Crippen molar-refractivity contribution < 1.29 is 9.66 Å². The van der Waals surface area contributed by atoms with Crippen molar-refractivity contribution in [2.75, 3.05) is 31.2 Å². The maximum Gasteiger partial charge on any atom is 0.270 e. The topological polar surface area (TPSA) is 107 Å². The quantitative estimate of drug-likeness (QED) is 0.385. The SMILES string of the molecule is O=[N+]([O-])c1cccc(-c2nc(N3CCOCC3)c3sc4nnccc4c3n2)c1. The van der Waals surface area contributed by atoms with Gasteiger partial charge in [-0.3, -0.25) is 10.1 Å². The number of hydrogen-bond acceptors (Lipinski definition) is 9. The second-order valence-electron chi connectivity index (χ2n) is 6.31. The number of aromatic nitrogens is 4. The molecule has 1 saturated heterocycles. The Kier molecular flexibility index (Phi) is 4.06. The van der Waals surface area contributed by atoms with E-state index in [9.17, 15) is 10.1 Å². The summed E-state index contributed by atoms with van der Waals surface area (Å²) in [5.74, 6) is 1.26. The van der Waals surface area contributed by atoms with Crippen LogP contribution in [0.4, 0.5) is 11.5 Å². The zero-order valence-electron chi connectivity index (χ0n) is 14.6. The van der Waals surface area contributed by atoms with E-state index < -0.39 is 4.92 Å². The highest BCUT2D eigenvalue weighted by molar-refractivity contribution is 7.25. The summed E-state index contributed by atoms with van der Waals surface area (Å²) in [7, 11) is 0. The van der Waals surface area contributed by atoms with Crippen LogP contribution < -0.4 is 4.90 Å². The van der Waals surface area contributed by atoms with Gasteiger partial charge in [-0.05, 0) is 6.07 Å². The fourth-order valence-corrected chi connectivity index (χ4v) is 4.34. The number of thiophene rings is 1. The number of fused-ring (bicyclic) bond motifs is 3. The maximum absolute atomic E-state index is 11.2. The number of morpholine rings is 1. The molecular weight excluding hydrogens is 380 g/mol. The summed E-state index contributed by atoms with van der Waals surface area (Å²) >= 11 is 1.50. The summed E-state index contributed by atoms with van der Waals surface area (Å²) < 4.78 is 6.41. The van der Waals surface area contributed by atoms with Gasteiger partial charge in [-0.1, -0.05) is 12.1 Å². The predicted molar refractivity (Wildman–Crippen MR) is 106 cm³/mol. The van der Waals surface area contributed by atoms with E-state index in [-0.39, 0.29) is 5.69 Å². The van der Waals surface area contributed by atoms with Gasteiger partial charge in [0.1, 0.15) is 4.83 Å². The van der Waals surface area contributed by atoms with Crippen LogP contribution >= 0.6 is 11.3 Å². The van der Waals surface area contributed by atoms with Gasteiger partial charge in [0.15, 0.2) is 11.6 Å². The molecule has 28 heavy (non-hydrogen) atoms. The molecule has 0 amide bonds. The fraction of sp³-hybridized carbons (Fsp3) is 0.222. The molecule has 1 fully saturated rings. The molecule has 0 aliphatic carbocycles. The molecule has 3 aromatic heterocycles. The summed E-state index contributed by atoms with van der Waals surface area (Å²) in [6.45, 7) is 2.70. The van der Waals surface area contributed by atoms with Crippen molar-refractivity contribution in [3.63, 3.8) is 0 Å². The third kappa shape index (κ3) is 2.83. The molecule has 0 radical (unpaired) electrons. The van der Waals surface area contributed by atoms with Crippen LogP contribution in [0.3, 0.4) is 0 Å². The Labute approximate surface area is 162 Å². The van der Waals surface area contributed by atoms with E-state index in [0.29, 0.717) is 24.6 Å². The van der Waals surface area contributed by atoms with Crippen molar-refractivity contribution in [2.45, 2.75) is 0 Å². The fourth-order valence-electron chi connectivity index (χ4n) is 3.26. The first kappa shape index (κ1) is 16.9. The van der Waals surface area contributed by atoms with Crippen LogP contribution in [-0.4, -0.2) is 51.4 Å². The number of benzene rings is 1. The number of rotatable bonds is 3. The molecule has 4 aromatic rings. The Morgan fingerprint density at radius 3 is 2.86 bits per heavy atom. The maximum atomic E-state index is 11.2. The molecule has 9 nitrogen and oxygen atoms in total. The summed E-state index contributed by atoms with van der Waals surface area (Å²) in [4.78, 5) is 23.2. The van der Waals surface area contributed by atoms with E-state index in [1.165, 1.54) is 23.5 Å². The van der Waals surface area contributed by atoms with Gasteiger partial charge >= 0.3 is 0 Å². The largest absolute Gasteiger partial charge is 0.378 e. The molecular formula is C18H14N6O3S. The highest BCUT2D eigenvalue weighted by Crippen LogP contribution is 2.38. The molecule has 0 spiro atoms. The smallest absolute Gasteiger partial charge is 0.270 e. The summed E-state index contributed by atoms with van der Waals surface area (Å²) in [6.07, 6.45) is 1.64. The minimum absolute atomic E-state index is 0.00941.